The SMILES string of the molecule is C=CCC(CC=C)(C[C@@H](/C=N/O)O[Si](C)(C)C(C)(C)C)O[Si](C)(C)C(C)(C)C. The first-order valence-electron chi connectivity index (χ1n) is 10.2. The number of rotatable bonds is 11. The molecule has 1 atom stereocenters. The molecular weight excluding hydrogens is 382 g/mol. The zero-order valence-corrected chi connectivity index (χ0v) is 22.1. The lowest BCUT2D eigenvalue weighted by Crippen LogP contribution is -2.52. The molecule has 1 N–H and O–H groups in total. The van der Waals surface area contributed by atoms with E-state index in [0.717, 1.165) is 0 Å². The summed E-state index contributed by atoms with van der Waals surface area (Å²) >= 11 is 0. The van der Waals surface area contributed by atoms with Crippen LogP contribution in [-0.4, -0.2) is 39.8 Å². The van der Waals surface area contributed by atoms with Crippen LogP contribution in [0.4, 0.5) is 0 Å². The Morgan fingerprint density at radius 3 is 1.64 bits per heavy atom. The summed E-state index contributed by atoms with van der Waals surface area (Å²) in [6, 6.07) is 0. The number of hydrogen-bond donors (Lipinski definition) is 1. The van der Waals surface area contributed by atoms with Crippen LogP contribution in [0.1, 0.15) is 60.8 Å². The summed E-state index contributed by atoms with van der Waals surface area (Å²) in [5.41, 5.74) is -0.472. The minimum absolute atomic E-state index is 0.0639. The van der Waals surface area contributed by atoms with E-state index in [2.05, 4.69) is 86.0 Å². The first kappa shape index (κ1) is 27.3. The zero-order chi connectivity index (χ0) is 22.4. The van der Waals surface area contributed by atoms with Gasteiger partial charge in [0.05, 0.1) is 17.9 Å². The van der Waals surface area contributed by atoms with E-state index in [1.54, 1.807) is 0 Å². The molecule has 0 aliphatic rings. The maximum Gasteiger partial charge on any atom is 0.192 e. The van der Waals surface area contributed by atoms with Gasteiger partial charge in [0, 0.05) is 6.42 Å². The average molecular weight is 428 g/mol. The van der Waals surface area contributed by atoms with E-state index in [1.165, 1.54) is 6.21 Å². The Hall–Kier alpha value is -0.696. The molecule has 0 aromatic rings. The van der Waals surface area contributed by atoms with Gasteiger partial charge >= 0.3 is 0 Å². The Morgan fingerprint density at radius 2 is 1.32 bits per heavy atom. The number of hydrogen-bond acceptors (Lipinski definition) is 4. The number of nitrogens with zero attached hydrogens (tertiary/aromatic N) is 1. The third-order valence-corrected chi connectivity index (χ3v) is 15.4. The van der Waals surface area contributed by atoms with Crippen LogP contribution in [0.25, 0.3) is 0 Å². The lowest BCUT2D eigenvalue weighted by atomic mass is 9.89. The molecule has 0 fully saturated rings. The van der Waals surface area contributed by atoms with Crippen molar-refractivity contribution in [2.75, 3.05) is 0 Å². The standard InChI is InChI=1S/C22H45NO3Si2/c1-13-15-22(16-14-2,26-28(11,12)21(6,7)8)17-19(18-23-24)25-27(9,10)20(3,4)5/h13-14,18-19,24H,1-2,15-17H2,3-12H3/b23-18+/t19-/m0/s1. The van der Waals surface area contributed by atoms with Gasteiger partial charge in [0.15, 0.2) is 16.6 Å². The van der Waals surface area contributed by atoms with Gasteiger partial charge in [0.2, 0.25) is 0 Å². The molecular formula is C22H45NO3Si2. The van der Waals surface area contributed by atoms with Gasteiger partial charge in [-0.25, -0.2) is 0 Å². The molecule has 0 aromatic carbocycles. The van der Waals surface area contributed by atoms with E-state index in [4.69, 9.17) is 8.85 Å². The minimum atomic E-state index is -2.05. The third-order valence-electron chi connectivity index (χ3n) is 6.37. The molecule has 0 rings (SSSR count). The molecule has 164 valence electrons. The van der Waals surface area contributed by atoms with E-state index in [0.29, 0.717) is 19.3 Å². The van der Waals surface area contributed by atoms with Gasteiger partial charge < -0.3 is 14.1 Å². The fourth-order valence-electron chi connectivity index (χ4n) is 2.72. The van der Waals surface area contributed by atoms with Crippen molar-refractivity contribution in [3.63, 3.8) is 0 Å². The monoisotopic (exact) mass is 427 g/mol. The van der Waals surface area contributed by atoms with Gasteiger partial charge in [-0.2, -0.15) is 0 Å². The lowest BCUT2D eigenvalue weighted by molar-refractivity contribution is 0.0239. The van der Waals surface area contributed by atoms with Crippen molar-refractivity contribution < 1.29 is 14.1 Å². The lowest BCUT2D eigenvalue weighted by Gasteiger charge is -2.47. The van der Waals surface area contributed by atoms with Crippen molar-refractivity contribution in [1.29, 1.82) is 0 Å². The highest BCUT2D eigenvalue weighted by molar-refractivity contribution is 6.74. The average Bonchev–Trinajstić information content (AvgIpc) is 2.44. The Bertz CT molecular complexity index is 533. The van der Waals surface area contributed by atoms with Crippen LogP contribution in [-0.2, 0) is 8.85 Å². The first-order chi connectivity index (χ1) is 12.5. The largest absolute Gasteiger partial charge is 0.411 e. The van der Waals surface area contributed by atoms with Crippen LogP contribution in [0.15, 0.2) is 30.5 Å². The Morgan fingerprint density at radius 1 is 0.893 bits per heavy atom. The van der Waals surface area contributed by atoms with Gasteiger partial charge in [0.1, 0.15) is 0 Å². The quantitative estimate of drug-likeness (QED) is 0.125. The molecule has 0 spiro atoms. The minimum Gasteiger partial charge on any atom is -0.411 e. The summed E-state index contributed by atoms with van der Waals surface area (Å²) in [5, 5.41) is 12.8. The van der Waals surface area contributed by atoms with Gasteiger partial charge in [-0.15, -0.1) is 13.2 Å². The van der Waals surface area contributed by atoms with E-state index in [-0.39, 0.29) is 16.2 Å². The molecule has 0 amide bonds. The molecule has 0 saturated heterocycles. The summed E-state index contributed by atoms with van der Waals surface area (Å²) in [4.78, 5) is 0. The Labute approximate surface area is 176 Å². The zero-order valence-electron chi connectivity index (χ0n) is 20.1. The first-order valence-corrected chi connectivity index (χ1v) is 16.1. The van der Waals surface area contributed by atoms with E-state index in [9.17, 15) is 5.21 Å². The number of oxime groups is 1. The summed E-state index contributed by atoms with van der Waals surface area (Å²) < 4.78 is 13.5. The molecule has 0 saturated carbocycles. The van der Waals surface area contributed by atoms with Crippen LogP contribution < -0.4 is 0 Å². The van der Waals surface area contributed by atoms with Crippen molar-refractivity contribution in [2.45, 2.75) is 109 Å². The smallest absolute Gasteiger partial charge is 0.192 e. The Kier molecular flexibility index (Phi) is 9.63. The molecule has 0 aliphatic heterocycles. The van der Waals surface area contributed by atoms with Crippen molar-refractivity contribution in [1.82, 2.24) is 0 Å². The molecule has 0 aromatic heterocycles. The molecule has 0 heterocycles. The van der Waals surface area contributed by atoms with Gasteiger partial charge in [-0.1, -0.05) is 58.9 Å². The van der Waals surface area contributed by atoms with E-state index in [1.807, 2.05) is 12.2 Å². The van der Waals surface area contributed by atoms with Gasteiger partial charge in [0.25, 0.3) is 0 Å². The molecule has 0 unspecified atom stereocenters. The Balaban J connectivity index is 5.99. The van der Waals surface area contributed by atoms with Gasteiger partial charge in [-0.3, -0.25) is 0 Å². The van der Waals surface area contributed by atoms with Crippen LogP contribution in [0.5, 0.6) is 0 Å². The van der Waals surface area contributed by atoms with Crippen molar-refractivity contribution in [3.8, 4) is 0 Å². The molecule has 0 radical (unpaired) electrons. The predicted molar refractivity (Wildman–Crippen MR) is 128 cm³/mol. The van der Waals surface area contributed by atoms with Crippen LogP contribution in [0, 0.1) is 0 Å². The van der Waals surface area contributed by atoms with Crippen molar-refractivity contribution in [2.24, 2.45) is 5.16 Å². The second kappa shape index (κ2) is 9.87. The third kappa shape index (κ3) is 7.61. The topological polar surface area (TPSA) is 51.1 Å². The predicted octanol–water partition coefficient (Wildman–Crippen LogP) is 7.14. The normalized spacial score (nSPS) is 15.6. The van der Waals surface area contributed by atoms with Gasteiger partial charge in [-0.05, 0) is 49.1 Å². The van der Waals surface area contributed by atoms with Crippen LogP contribution in [0.2, 0.25) is 36.3 Å². The fourth-order valence-corrected chi connectivity index (χ4v) is 5.61. The highest BCUT2D eigenvalue weighted by Gasteiger charge is 2.46. The summed E-state index contributed by atoms with van der Waals surface area (Å²) in [6.07, 6.45) is 7.01. The fraction of sp³-hybridized carbons (Fsp3) is 0.773. The van der Waals surface area contributed by atoms with Crippen LogP contribution >= 0.6 is 0 Å². The van der Waals surface area contributed by atoms with E-state index < -0.39 is 22.2 Å². The van der Waals surface area contributed by atoms with Crippen LogP contribution in [0.3, 0.4) is 0 Å². The second-order valence-corrected chi connectivity index (χ2v) is 20.4. The molecule has 0 aliphatic carbocycles. The summed E-state index contributed by atoms with van der Waals surface area (Å²) in [6.45, 7) is 30.2. The maximum atomic E-state index is 9.29. The van der Waals surface area contributed by atoms with Crippen molar-refractivity contribution in [3.05, 3.63) is 25.3 Å². The second-order valence-electron chi connectivity index (χ2n) is 10.9. The molecule has 4 nitrogen and oxygen atoms in total. The highest BCUT2D eigenvalue weighted by atomic mass is 28.4. The molecule has 6 heteroatoms. The van der Waals surface area contributed by atoms with E-state index >= 15 is 0 Å². The van der Waals surface area contributed by atoms with Crippen molar-refractivity contribution >= 4 is 22.8 Å². The summed E-state index contributed by atoms with van der Waals surface area (Å²) in [5.74, 6) is 0. The summed E-state index contributed by atoms with van der Waals surface area (Å²) in [7, 11) is -4.09. The molecule has 0 bridgehead atoms. The maximum absolute atomic E-state index is 9.29. The highest BCUT2D eigenvalue weighted by Crippen LogP contribution is 2.44. The molecule has 28 heavy (non-hydrogen) atoms.